The van der Waals surface area contributed by atoms with Crippen molar-refractivity contribution in [3.8, 4) is 5.40 Å². The molecule has 0 aliphatic heterocycles. The van der Waals surface area contributed by atoms with E-state index in [0.717, 1.165) is 22.6 Å². The molecule has 0 aliphatic rings. The first-order valence-electron chi connectivity index (χ1n) is 2.40. The largest absolute Gasteiger partial charge is 0.337 e. The van der Waals surface area contributed by atoms with Gasteiger partial charge in [0, 0.05) is 11.8 Å². The predicted octanol–water partition coefficient (Wildman–Crippen LogP) is 1.29. The van der Waals surface area contributed by atoms with E-state index in [0.29, 0.717) is 0 Å². The number of hydrogen-bond donors (Lipinski definition) is 1. The average molecular weight is 139 g/mol. The van der Waals surface area contributed by atoms with E-state index in [2.05, 4.69) is 9.97 Å². The smallest absolute Gasteiger partial charge is 0.140 e. The number of hydrogen-bond acceptors (Lipinski definition) is 3. The molecule has 0 saturated carbocycles. The van der Waals surface area contributed by atoms with Crippen LogP contribution in [0.2, 0.25) is 0 Å². The first-order valence-corrected chi connectivity index (χ1v) is 3.22. The topological polar surface area (TPSA) is 52.5 Å². The summed E-state index contributed by atoms with van der Waals surface area (Å²) >= 11 is 1.08. The van der Waals surface area contributed by atoms with Gasteiger partial charge in [0.1, 0.15) is 16.3 Å². The summed E-state index contributed by atoms with van der Waals surface area (Å²) in [6.45, 7) is 1.85. The zero-order valence-corrected chi connectivity index (χ0v) is 5.70. The van der Waals surface area contributed by atoms with Crippen LogP contribution in [0.25, 0.3) is 0 Å². The number of rotatable bonds is 1. The molecule has 0 atom stereocenters. The Hall–Kier alpha value is -0.950. The SMILES string of the molecule is Cc1ncc(SC#N)[nH]1. The van der Waals surface area contributed by atoms with Crippen LogP contribution in [-0.2, 0) is 0 Å². The molecule has 0 aromatic carbocycles. The molecule has 1 heterocycles. The Bertz CT molecular complexity index is 235. The van der Waals surface area contributed by atoms with Crippen LogP contribution < -0.4 is 0 Å². The Morgan fingerprint density at radius 3 is 3.11 bits per heavy atom. The van der Waals surface area contributed by atoms with Gasteiger partial charge in [-0.2, -0.15) is 5.26 Å². The predicted molar refractivity (Wildman–Crippen MR) is 34.8 cm³/mol. The van der Waals surface area contributed by atoms with Crippen LogP contribution in [0.1, 0.15) is 5.82 Å². The van der Waals surface area contributed by atoms with E-state index >= 15 is 0 Å². The van der Waals surface area contributed by atoms with E-state index in [1.54, 1.807) is 6.20 Å². The summed E-state index contributed by atoms with van der Waals surface area (Å²) in [6.07, 6.45) is 1.64. The van der Waals surface area contributed by atoms with Gasteiger partial charge in [-0.15, -0.1) is 0 Å². The second-order valence-corrected chi connectivity index (χ2v) is 2.35. The fraction of sp³-hybridized carbons (Fsp3) is 0.200. The molecule has 9 heavy (non-hydrogen) atoms. The van der Waals surface area contributed by atoms with Crippen molar-refractivity contribution < 1.29 is 0 Å². The van der Waals surface area contributed by atoms with Gasteiger partial charge in [0.05, 0.1) is 6.20 Å². The average Bonchev–Trinajstić information content (AvgIpc) is 2.17. The van der Waals surface area contributed by atoms with Gasteiger partial charge in [-0.25, -0.2) is 4.98 Å². The zero-order chi connectivity index (χ0) is 6.69. The van der Waals surface area contributed by atoms with Crippen molar-refractivity contribution in [1.29, 1.82) is 5.26 Å². The number of nitrogens with zero attached hydrogens (tertiary/aromatic N) is 2. The normalized spacial score (nSPS) is 8.89. The van der Waals surface area contributed by atoms with Gasteiger partial charge in [0.25, 0.3) is 0 Å². The minimum atomic E-state index is 0.801. The first-order chi connectivity index (χ1) is 4.33. The van der Waals surface area contributed by atoms with Gasteiger partial charge in [-0.05, 0) is 6.92 Å². The Balaban J connectivity index is 2.76. The summed E-state index contributed by atoms with van der Waals surface area (Å²) in [5.41, 5.74) is 0. The second kappa shape index (κ2) is 2.55. The van der Waals surface area contributed by atoms with Crippen molar-refractivity contribution in [2.45, 2.75) is 11.9 Å². The van der Waals surface area contributed by atoms with Crippen LogP contribution in [0.4, 0.5) is 0 Å². The number of thiocyanates is 1. The molecule has 0 saturated heterocycles. The highest BCUT2D eigenvalue weighted by atomic mass is 32.2. The summed E-state index contributed by atoms with van der Waals surface area (Å²) in [5.74, 6) is 0.841. The maximum absolute atomic E-state index is 8.19. The van der Waals surface area contributed by atoms with Gasteiger partial charge in [0.2, 0.25) is 0 Å². The molecule has 4 heteroatoms. The fourth-order valence-electron chi connectivity index (χ4n) is 0.499. The molecule has 46 valence electrons. The van der Waals surface area contributed by atoms with Crippen molar-refractivity contribution in [1.82, 2.24) is 9.97 Å². The Morgan fingerprint density at radius 1 is 1.89 bits per heavy atom. The van der Waals surface area contributed by atoms with Gasteiger partial charge < -0.3 is 4.98 Å². The quantitative estimate of drug-likeness (QED) is 0.471. The van der Waals surface area contributed by atoms with Crippen molar-refractivity contribution in [2.75, 3.05) is 0 Å². The lowest BCUT2D eigenvalue weighted by molar-refractivity contribution is 1.10. The summed E-state index contributed by atoms with van der Waals surface area (Å²) in [7, 11) is 0. The maximum atomic E-state index is 8.19. The molecule has 0 aliphatic carbocycles. The highest BCUT2D eigenvalue weighted by Gasteiger charge is 1.93. The highest BCUT2D eigenvalue weighted by Crippen LogP contribution is 2.11. The van der Waals surface area contributed by atoms with Gasteiger partial charge in [-0.1, -0.05) is 0 Å². The molecule has 3 nitrogen and oxygen atoms in total. The molecular formula is C5H5N3S. The van der Waals surface area contributed by atoms with Crippen LogP contribution in [-0.4, -0.2) is 9.97 Å². The van der Waals surface area contributed by atoms with E-state index in [1.807, 2.05) is 12.3 Å². The second-order valence-electron chi connectivity index (χ2n) is 1.53. The zero-order valence-electron chi connectivity index (χ0n) is 4.88. The van der Waals surface area contributed by atoms with E-state index in [9.17, 15) is 0 Å². The minimum absolute atomic E-state index is 0.801. The molecule has 1 aromatic heterocycles. The molecule has 0 bridgehead atoms. The third-order valence-corrected chi connectivity index (χ3v) is 1.35. The van der Waals surface area contributed by atoms with Gasteiger partial charge in [0.15, 0.2) is 0 Å². The Labute approximate surface area is 57.1 Å². The van der Waals surface area contributed by atoms with E-state index in [1.165, 1.54) is 0 Å². The fourth-order valence-corrected chi connectivity index (χ4v) is 0.902. The van der Waals surface area contributed by atoms with Gasteiger partial charge >= 0.3 is 0 Å². The van der Waals surface area contributed by atoms with E-state index < -0.39 is 0 Å². The molecule has 1 N–H and O–H groups in total. The number of aromatic amines is 1. The van der Waals surface area contributed by atoms with Crippen LogP contribution in [0.15, 0.2) is 11.2 Å². The molecule has 0 amide bonds. The molecule has 0 spiro atoms. The van der Waals surface area contributed by atoms with Crippen molar-refractivity contribution in [3.05, 3.63) is 12.0 Å². The summed E-state index contributed by atoms with van der Waals surface area (Å²) < 4.78 is 0. The number of nitrogens with one attached hydrogen (secondary N) is 1. The standard InChI is InChI=1S/C5H5N3S/c1-4-7-2-5(8-4)9-3-6/h2H,1H3,(H,7,8). The lowest BCUT2D eigenvalue weighted by Crippen LogP contribution is -1.69. The first kappa shape index (κ1) is 6.17. The molecule has 1 rings (SSSR count). The van der Waals surface area contributed by atoms with Crippen LogP contribution in [0, 0.1) is 17.6 Å². The molecule has 0 radical (unpaired) electrons. The highest BCUT2D eigenvalue weighted by molar-refractivity contribution is 8.03. The van der Waals surface area contributed by atoms with Crippen LogP contribution in [0.5, 0.6) is 0 Å². The summed E-state index contributed by atoms with van der Waals surface area (Å²) in [4.78, 5) is 6.81. The Morgan fingerprint density at radius 2 is 2.67 bits per heavy atom. The van der Waals surface area contributed by atoms with Crippen LogP contribution in [0.3, 0.4) is 0 Å². The van der Waals surface area contributed by atoms with Crippen LogP contribution >= 0.6 is 11.8 Å². The molecule has 0 unspecified atom stereocenters. The lowest BCUT2D eigenvalue weighted by atomic mass is 10.8. The number of nitriles is 1. The van der Waals surface area contributed by atoms with Crippen molar-refractivity contribution in [3.63, 3.8) is 0 Å². The molecular weight excluding hydrogens is 134 g/mol. The molecule has 0 fully saturated rings. The summed E-state index contributed by atoms with van der Waals surface area (Å²) in [6, 6.07) is 0. The Kier molecular flexibility index (Phi) is 1.75. The van der Waals surface area contributed by atoms with Crippen molar-refractivity contribution >= 4 is 11.8 Å². The number of H-pyrrole nitrogens is 1. The number of aromatic nitrogens is 2. The third-order valence-electron chi connectivity index (χ3n) is 0.835. The number of thioether (sulfide) groups is 1. The monoisotopic (exact) mass is 139 g/mol. The lowest BCUT2D eigenvalue weighted by Gasteiger charge is -1.79. The van der Waals surface area contributed by atoms with E-state index in [-0.39, 0.29) is 0 Å². The number of aryl methyl sites for hydroxylation is 1. The van der Waals surface area contributed by atoms with Crippen molar-refractivity contribution in [2.24, 2.45) is 0 Å². The maximum Gasteiger partial charge on any atom is 0.140 e. The van der Waals surface area contributed by atoms with E-state index in [4.69, 9.17) is 5.26 Å². The third kappa shape index (κ3) is 1.47. The summed E-state index contributed by atoms with van der Waals surface area (Å²) in [5, 5.41) is 10.9. The van der Waals surface area contributed by atoms with Gasteiger partial charge in [-0.3, -0.25) is 0 Å². The number of imidazole rings is 1. The molecule has 1 aromatic rings. The minimum Gasteiger partial charge on any atom is -0.337 e.